The molecule has 1 N–H and O–H groups in total. The van der Waals surface area contributed by atoms with Gasteiger partial charge >= 0.3 is 19.4 Å². The number of anilines is 1. The molecule has 0 saturated carbocycles. The summed E-state index contributed by atoms with van der Waals surface area (Å²) < 4.78 is 63.2. The maximum Gasteiger partial charge on any atom is 0.338 e. The van der Waals surface area contributed by atoms with Gasteiger partial charge in [0.2, 0.25) is 6.54 Å². The second-order valence-electron chi connectivity index (χ2n) is 20.2. The van der Waals surface area contributed by atoms with Gasteiger partial charge in [-0.15, -0.1) is 0 Å². The van der Waals surface area contributed by atoms with Crippen LogP contribution < -0.4 is 10.5 Å². The van der Waals surface area contributed by atoms with Crippen LogP contribution >= 0.6 is 13.4 Å². The van der Waals surface area contributed by atoms with Crippen molar-refractivity contribution >= 4 is 85.3 Å². The van der Waals surface area contributed by atoms with Crippen LogP contribution in [0.2, 0.25) is 18.1 Å². The molecule has 0 radical (unpaired) electrons. The first-order valence-corrected chi connectivity index (χ1v) is 32.8. The van der Waals surface area contributed by atoms with Crippen molar-refractivity contribution in [1.82, 2.24) is 33.6 Å². The Morgan fingerprint density at radius 2 is 1.63 bits per heavy atom. The molecule has 3 saturated heterocycles. The van der Waals surface area contributed by atoms with E-state index in [4.69, 9.17) is 76.4 Å². The van der Waals surface area contributed by atoms with E-state index in [1.54, 1.807) is 47.4 Å². The zero-order valence-electron chi connectivity index (χ0n) is 42.3. The Kier molecular flexibility index (Phi) is 15.8. The molecule has 4 aromatic heterocycles. The molecule has 2 unspecified atom stereocenters. The van der Waals surface area contributed by atoms with E-state index in [2.05, 4.69) is 53.7 Å². The van der Waals surface area contributed by atoms with Gasteiger partial charge in [-0.25, -0.2) is 31.3 Å². The minimum atomic E-state index is -4.14. The van der Waals surface area contributed by atoms with Crippen molar-refractivity contribution in [2.75, 3.05) is 44.4 Å². The van der Waals surface area contributed by atoms with E-state index < -0.39 is 76.3 Å². The number of fused-ring (bicyclic) bond motifs is 4. The SMILES string of the molecule is [C-]#[N+]CCOP1(=S)OC[C@H]2O[C@@H](n3cc4c5c(ncnc53)N(C(=O)c3ccccc3)CCC4)C[C@@H]2OP(O)(=S)OC[C@H]2O[C@@H](n3cnc4c(=O)n(CCOC(=O)c5ccccc5)cnc43)[C@H](O1)[C@@H]2O[Si](C)(C)C(C)(C)C. The topological polar surface area (TPSA) is 228 Å². The Labute approximate surface area is 449 Å². The summed E-state index contributed by atoms with van der Waals surface area (Å²) in [6, 6.07) is 17.6. The number of benzene rings is 2. The fraction of sp³-hybridized carbons (Fsp3) is 0.469. The summed E-state index contributed by atoms with van der Waals surface area (Å²) in [5.41, 5.74) is 1.97. The zero-order valence-corrected chi connectivity index (χ0v) is 46.7. The Balaban J connectivity index is 0.969. The van der Waals surface area contributed by atoms with E-state index in [1.165, 1.54) is 28.1 Å². The number of hydrogen-bond acceptors (Lipinski definition) is 18. The van der Waals surface area contributed by atoms with Gasteiger partial charge in [0.05, 0.1) is 43.1 Å². The van der Waals surface area contributed by atoms with Crippen LogP contribution in [0, 0.1) is 6.57 Å². The summed E-state index contributed by atoms with van der Waals surface area (Å²) in [6.07, 6.45) is 0.582. The number of hydrogen-bond donors (Lipinski definition) is 1. The number of aryl methyl sites for hydroxylation is 1. The van der Waals surface area contributed by atoms with Crippen LogP contribution in [-0.2, 0) is 77.8 Å². The molecule has 1 amide bonds. The summed E-state index contributed by atoms with van der Waals surface area (Å²) in [7, 11) is -2.73. The van der Waals surface area contributed by atoms with Crippen molar-refractivity contribution in [1.29, 1.82) is 0 Å². The highest BCUT2D eigenvalue weighted by molar-refractivity contribution is 8.07. The molecular formula is C49H57N9O13P2S2Si. The summed E-state index contributed by atoms with van der Waals surface area (Å²) >= 11 is 12.0. The lowest BCUT2D eigenvalue weighted by atomic mass is 10.1. The van der Waals surface area contributed by atoms with Crippen molar-refractivity contribution in [3.05, 3.63) is 124 Å². The third-order valence-corrected chi connectivity index (χ3v) is 22.6. The standard InChI is InChI=1S/C49H57N9O13P2S2Si/c1-49(2,3)76(5,6)71-40-36-27-65-72(62,74)69-34-24-37(57-25-33-18-13-20-56(42-38(33)43(57)52-28-51-42)45(59)31-14-9-7-10-15-31)67-35(34)26-66-73(75,64-22-19-50-4)70-41(40)47(68-36)58-30-53-39-44(58)54-29-55(46(39)60)21-23-63-48(61)32-16-11-8-12-17-32/h7-12,14-17,25,28-30,34-37,40-41,47H,13,18-24,26-27H2,1-3,5-6H3,(H,62,74)/t34-,35+,36+,37+,40+,41+,47+,72?,73?/m0/s1. The number of amides is 1. The zero-order chi connectivity index (χ0) is 53.6. The van der Waals surface area contributed by atoms with Gasteiger partial charge in [-0.1, -0.05) is 57.2 Å². The largest absolute Gasteiger partial charge is 0.460 e. The molecule has 4 aliphatic rings. The highest BCUT2D eigenvalue weighted by Gasteiger charge is 2.55. The van der Waals surface area contributed by atoms with Crippen LogP contribution in [0.5, 0.6) is 0 Å². The van der Waals surface area contributed by atoms with Gasteiger partial charge < -0.3 is 51.0 Å². The fourth-order valence-electron chi connectivity index (χ4n) is 9.36. The molecule has 76 heavy (non-hydrogen) atoms. The number of aromatic nitrogens is 7. The van der Waals surface area contributed by atoms with Gasteiger partial charge in [-0.05, 0) is 84.4 Å². The Morgan fingerprint density at radius 1 is 0.895 bits per heavy atom. The monoisotopic (exact) mass is 1130 g/mol. The normalized spacial score (nSPS) is 27.2. The molecule has 3 fully saturated rings. The molecule has 8 heterocycles. The predicted octanol–water partition coefficient (Wildman–Crippen LogP) is 7.26. The van der Waals surface area contributed by atoms with Crippen molar-refractivity contribution in [2.45, 2.75) is 108 Å². The van der Waals surface area contributed by atoms with Gasteiger partial charge in [-0.2, -0.15) is 0 Å². The molecule has 4 aliphatic heterocycles. The third kappa shape index (κ3) is 11.2. The van der Waals surface area contributed by atoms with Crippen LogP contribution in [0.4, 0.5) is 5.82 Å². The molecule has 2 bridgehead atoms. The van der Waals surface area contributed by atoms with E-state index in [0.717, 1.165) is 5.56 Å². The van der Waals surface area contributed by atoms with Gasteiger partial charge in [-0.3, -0.25) is 28.1 Å². The van der Waals surface area contributed by atoms with Gasteiger partial charge in [0.1, 0.15) is 68.0 Å². The first-order valence-electron chi connectivity index (χ1n) is 24.7. The van der Waals surface area contributed by atoms with Crippen LogP contribution in [0.1, 0.15) is 72.3 Å². The molecule has 0 spiro atoms. The highest BCUT2D eigenvalue weighted by atomic mass is 32.5. The summed E-state index contributed by atoms with van der Waals surface area (Å²) in [6.45, 7) is 9.30. The number of rotatable bonds is 12. The third-order valence-electron chi connectivity index (χ3n) is 14.2. The van der Waals surface area contributed by atoms with Crippen molar-refractivity contribution in [3.63, 3.8) is 0 Å². The van der Waals surface area contributed by atoms with E-state index >= 15 is 0 Å². The first kappa shape index (κ1) is 54.4. The predicted molar refractivity (Wildman–Crippen MR) is 287 cm³/mol. The lowest BCUT2D eigenvalue weighted by Gasteiger charge is -2.41. The minimum absolute atomic E-state index is 0.00111. The summed E-state index contributed by atoms with van der Waals surface area (Å²) in [5, 5.41) is 0.388. The quantitative estimate of drug-likeness (QED) is 0.0418. The Hall–Kier alpha value is -5.00. The van der Waals surface area contributed by atoms with Crippen molar-refractivity contribution in [2.24, 2.45) is 0 Å². The van der Waals surface area contributed by atoms with E-state index in [9.17, 15) is 19.3 Å². The second-order valence-corrected chi connectivity index (χ2v) is 30.7. The van der Waals surface area contributed by atoms with Gasteiger partial charge in [0.25, 0.3) is 11.5 Å². The maximum absolute atomic E-state index is 14.0. The molecular weight excluding hydrogens is 1080 g/mol. The highest BCUT2D eigenvalue weighted by Crippen LogP contribution is 2.58. The van der Waals surface area contributed by atoms with Crippen LogP contribution in [-0.4, -0.2) is 129 Å². The molecule has 22 nitrogen and oxygen atoms in total. The number of esters is 1. The average Bonchev–Trinajstić information content (AvgIpc) is 4.25. The molecule has 9 atom stereocenters. The van der Waals surface area contributed by atoms with Crippen molar-refractivity contribution < 1.29 is 55.7 Å². The molecule has 10 rings (SSSR count). The maximum atomic E-state index is 14.0. The second kappa shape index (κ2) is 22.0. The van der Waals surface area contributed by atoms with Crippen LogP contribution in [0.3, 0.4) is 0 Å². The van der Waals surface area contributed by atoms with Crippen molar-refractivity contribution in [3.8, 4) is 0 Å². The molecule has 2 aromatic carbocycles. The Bertz CT molecular complexity index is 3340. The van der Waals surface area contributed by atoms with Gasteiger partial charge in [0.15, 0.2) is 25.7 Å². The van der Waals surface area contributed by atoms with E-state index in [1.807, 2.05) is 29.0 Å². The summed E-state index contributed by atoms with van der Waals surface area (Å²) in [4.78, 5) is 76.0. The number of ether oxygens (including phenoxy) is 3. The molecule has 6 aromatic rings. The molecule has 27 heteroatoms. The number of nitrogens with zero attached hydrogens (tertiary/aromatic N) is 9. The number of carbonyl (C=O) groups is 2. The average molecular weight is 1130 g/mol. The number of imidazole rings is 1. The lowest BCUT2D eigenvalue weighted by Crippen LogP contribution is -2.50. The smallest absolute Gasteiger partial charge is 0.338 e. The fourth-order valence-corrected chi connectivity index (χ4v) is 14.2. The Morgan fingerprint density at radius 3 is 2.37 bits per heavy atom. The van der Waals surface area contributed by atoms with Crippen LogP contribution in [0.25, 0.3) is 27.0 Å². The van der Waals surface area contributed by atoms with Gasteiger partial charge in [0, 0.05) is 24.7 Å². The first-order chi connectivity index (χ1) is 36.3. The molecule has 0 aliphatic carbocycles. The minimum Gasteiger partial charge on any atom is -0.460 e. The van der Waals surface area contributed by atoms with Crippen LogP contribution in [0.15, 0.2) is 90.6 Å². The number of carbonyl (C=O) groups excluding carboxylic acids is 2. The van der Waals surface area contributed by atoms with E-state index in [-0.39, 0.29) is 68.0 Å². The molecule has 402 valence electrons. The lowest BCUT2D eigenvalue weighted by molar-refractivity contribution is -0.0613. The summed E-state index contributed by atoms with van der Waals surface area (Å²) in [5.74, 6) is -0.227. The van der Waals surface area contributed by atoms with E-state index in [0.29, 0.717) is 47.4 Å².